The molecular weight excluding hydrogens is 272 g/mol. The van der Waals surface area contributed by atoms with E-state index >= 15 is 0 Å². The normalized spacial score (nSPS) is 14.0. The minimum absolute atomic E-state index is 0.123. The van der Waals surface area contributed by atoms with Crippen molar-refractivity contribution in [2.24, 2.45) is 0 Å². The Labute approximate surface area is 128 Å². The summed E-state index contributed by atoms with van der Waals surface area (Å²) < 4.78 is 16.9. The molecule has 124 valence electrons. The molecule has 0 aliphatic carbocycles. The molecule has 5 nitrogen and oxygen atoms in total. The SMILES string of the molecule is CCC(OC(C)C)C(=O)C(OC(C)C)(OC(C)C)C(C)=O. The van der Waals surface area contributed by atoms with E-state index in [4.69, 9.17) is 14.2 Å². The van der Waals surface area contributed by atoms with Crippen molar-refractivity contribution in [3.05, 3.63) is 0 Å². The van der Waals surface area contributed by atoms with E-state index in [-0.39, 0.29) is 18.3 Å². The highest BCUT2D eigenvalue weighted by Gasteiger charge is 2.50. The van der Waals surface area contributed by atoms with Crippen molar-refractivity contribution < 1.29 is 23.8 Å². The van der Waals surface area contributed by atoms with Gasteiger partial charge in [-0.3, -0.25) is 9.59 Å². The van der Waals surface area contributed by atoms with Gasteiger partial charge in [0.2, 0.25) is 5.78 Å². The van der Waals surface area contributed by atoms with Gasteiger partial charge in [0.1, 0.15) is 6.10 Å². The highest BCUT2D eigenvalue weighted by Crippen LogP contribution is 2.25. The van der Waals surface area contributed by atoms with Crippen LogP contribution in [0.2, 0.25) is 0 Å². The molecule has 0 amide bonds. The second-order valence-electron chi connectivity index (χ2n) is 5.95. The molecule has 0 N–H and O–H groups in total. The van der Waals surface area contributed by atoms with Crippen molar-refractivity contribution >= 4 is 11.6 Å². The van der Waals surface area contributed by atoms with Crippen molar-refractivity contribution in [2.45, 2.75) is 92.0 Å². The fourth-order valence-corrected chi connectivity index (χ4v) is 2.03. The van der Waals surface area contributed by atoms with E-state index in [1.54, 1.807) is 27.7 Å². The van der Waals surface area contributed by atoms with Crippen LogP contribution in [-0.4, -0.2) is 41.8 Å². The van der Waals surface area contributed by atoms with Gasteiger partial charge >= 0.3 is 0 Å². The number of hydrogen-bond donors (Lipinski definition) is 0. The highest BCUT2D eigenvalue weighted by atomic mass is 16.7. The van der Waals surface area contributed by atoms with E-state index < -0.39 is 23.5 Å². The summed E-state index contributed by atoms with van der Waals surface area (Å²) in [4.78, 5) is 25.0. The number of hydrogen-bond acceptors (Lipinski definition) is 5. The van der Waals surface area contributed by atoms with Gasteiger partial charge in [0.05, 0.1) is 18.3 Å². The molecule has 0 saturated carbocycles. The van der Waals surface area contributed by atoms with Gasteiger partial charge in [-0.1, -0.05) is 6.92 Å². The summed E-state index contributed by atoms with van der Waals surface area (Å²) in [6.45, 7) is 13.9. The Kier molecular flexibility index (Phi) is 8.29. The molecule has 0 heterocycles. The molecule has 0 spiro atoms. The first kappa shape index (κ1) is 20.2. The molecule has 1 unspecified atom stereocenters. The topological polar surface area (TPSA) is 61.8 Å². The monoisotopic (exact) mass is 302 g/mol. The Hall–Kier alpha value is -0.780. The number of ether oxygens (including phenoxy) is 3. The van der Waals surface area contributed by atoms with Crippen LogP contribution in [0.1, 0.15) is 61.8 Å². The van der Waals surface area contributed by atoms with Gasteiger partial charge in [0.15, 0.2) is 5.78 Å². The van der Waals surface area contributed by atoms with Gasteiger partial charge in [-0.15, -0.1) is 0 Å². The molecule has 0 saturated heterocycles. The average molecular weight is 302 g/mol. The maximum atomic E-state index is 12.8. The third kappa shape index (κ3) is 5.85. The Bertz CT molecular complexity index is 337. The molecule has 0 bridgehead atoms. The fraction of sp³-hybridized carbons (Fsp3) is 0.875. The van der Waals surface area contributed by atoms with Gasteiger partial charge in [0, 0.05) is 6.92 Å². The van der Waals surface area contributed by atoms with Crippen LogP contribution in [0.3, 0.4) is 0 Å². The Morgan fingerprint density at radius 1 is 0.905 bits per heavy atom. The molecule has 0 aromatic heterocycles. The lowest BCUT2D eigenvalue weighted by atomic mass is 9.99. The van der Waals surface area contributed by atoms with E-state index in [1.807, 2.05) is 20.8 Å². The fourth-order valence-electron chi connectivity index (χ4n) is 2.03. The zero-order valence-corrected chi connectivity index (χ0v) is 14.6. The van der Waals surface area contributed by atoms with E-state index in [9.17, 15) is 9.59 Å². The summed E-state index contributed by atoms with van der Waals surface area (Å²) in [5.41, 5.74) is 0. The molecule has 1 atom stereocenters. The molecule has 0 aliphatic rings. The van der Waals surface area contributed by atoms with Crippen molar-refractivity contribution in [3.8, 4) is 0 Å². The molecule has 21 heavy (non-hydrogen) atoms. The van der Waals surface area contributed by atoms with Crippen LogP contribution >= 0.6 is 0 Å². The summed E-state index contributed by atoms with van der Waals surface area (Å²) in [6, 6.07) is 0. The predicted octanol–water partition coefficient (Wildman–Crippen LogP) is 2.89. The standard InChI is InChI=1S/C16H30O5/c1-9-14(19-10(2)3)15(18)16(13(8)17,20-11(4)5)21-12(6)7/h10-12,14H,9H2,1-8H3. The molecule has 0 fully saturated rings. The summed E-state index contributed by atoms with van der Waals surface area (Å²) in [5, 5.41) is 0. The maximum absolute atomic E-state index is 12.8. The summed E-state index contributed by atoms with van der Waals surface area (Å²) in [7, 11) is 0. The molecule has 0 rings (SSSR count). The van der Waals surface area contributed by atoms with Gasteiger partial charge < -0.3 is 14.2 Å². The van der Waals surface area contributed by atoms with Crippen LogP contribution < -0.4 is 0 Å². The van der Waals surface area contributed by atoms with Crippen LogP contribution in [0, 0.1) is 0 Å². The first-order valence-electron chi connectivity index (χ1n) is 7.63. The van der Waals surface area contributed by atoms with Crippen molar-refractivity contribution in [1.29, 1.82) is 0 Å². The van der Waals surface area contributed by atoms with Gasteiger partial charge in [0.25, 0.3) is 5.79 Å². The lowest BCUT2D eigenvalue weighted by Gasteiger charge is -2.35. The van der Waals surface area contributed by atoms with E-state index in [0.717, 1.165) is 0 Å². The second kappa shape index (κ2) is 8.61. The van der Waals surface area contributed by atoms with Crippen molar-refractivity contribution in [2.75, 3.05) is 0 Å². The van der Waals surface area contributed by atoms with Gasteiger partial charge in [-0.2, -0.15) is 0 Å². The summed E-state index contributed by atoms with van der Waals surface area (Å²) in [6.07, 6.45) is -1.05. The second-order valence-corrected chi connectivity index (χ2v) is 5.95. The molecular formula is C16H30O5. The van der Waals surface area contributed by atoms with E-state index in [0.29, 0.717) is 6.42 Å². The Morgan fingerprint density at radius 2 is 1.33 bits per heavy atom. The summed E-state index contributed by atoms with van der Waals surface area (Å²) in [5.74, 6) is -2.81. The van der Waals surface area contributed by atoms with Crippen LogP contribution in [0.25, 0.3) is 0 Å². The Morgan fingerprint density at radius 3 is 1.57 bits per heavy atom. The van der Waals surface area contributed by atoms with Crippen LogP contribution in [-0.2, 0) is 23.8 Å². The number of carbonyl (C=O) groups excluding carboxylic acids is 2. The number of carbonyl (C=O) groups is 2. The van der Waals surface area contributed by atoms with Gasteiger partial charge in [-0.25, -0.2) is 0 Å². The number of rotatable bonds is 10. The average Bonchev–Trinajstić information content (AvgIpc) is 2.32. The van der Waals surface area contributed by atoms with Crippen molar-refractivity contribution in [1.82, 2.24) is 0 Å². The van der Waals surface area contributed by atoms with Crippen LogP contribution in [0.5, 0.6) is 0 Å². The molecule has 0 aliphatic heterocycles. The first-order chi connectivity index (χ1) is 9.56. The zero-order valence-electron chi connectivity index (χ0n) is 14.6. The lowest BCUT2D eigenvalue weighted by Crippen LogP contribution is -2.57. The van der Waals surface area contributed by atoms with Gasteiger partial charge in [-0.05, 0) is 48.0 Å². The predicted molar refractivity (Wildman–Crippen MR) is 81.2 cm³/mol. The van der Waals surface area contributed by atoms with E-state index in [1.165, 1.54) is 6.92 Å². The number of Topliss-reactive ketones (excluding diaryl/α,β-unsaturated/α-hetero) is 2. The minimum atomic E-state index is -1.89. The summed E-state index contributed by atoms with van der Waals surface area (Å²) >= 11 is 0. The highest BCUT2D eigenvalue weighted by molar-refractivity contribution is 6.09. The molecule has 0 radical (unpaired) electrons. The van der Waals surface area contributed by atoms with E-state index in [2.05, 4.69) is 0 Å². The Balaban J connectivity index is 5.61. The largest absolute Gasteiger partial charge is 0.368 e. The first-order valence-corrected chi connectivity index (χ1v) is 7.63. The third-order valence-electron chi connectivity index (χ3n) is 2.69. The molecule has 0 aromatic rings. The lowest BCUT2D eigenvalue weighted by molar-refractivity contribution is -0.249. The smallest absolute Gasteiger partial charge is 0.293 e. The van der Waals surface area contributed by atoms with Crippen LogP contribution in [0.4, 0.5) is 0 Å². The van der Waals surface area contributed by atoms with Crippen molar-refractivity contribution in [3.63, 3.8) is 0 Å². The minimum Gasteiger partial charge on any atom is -0.368 e. The third-order valence-corrected chi connectivity index (χ3v) is 2.69. The molecule has 5 heteroatoms. The van der Waals surface area contributed by atoms with Crippen LogP contribution in [0.15, 0.2) is 0 Å². The quantitative estimate of drug-likeness (QED) is 0.458. The zero-order chi connectivity index (χ0) is 16.8. The number of ketones is 2. The maximum Gasteiger partial charge on any atom is 0.293 e. The molecule has 0 aromatic carbocycles.